The second kappa shape index (κ2) is 6.97. The molecule has 0 spiro atoms. The molecule has 0 aromatic carbocycles. The lowest BCUT2D eigenvalue weighted by Crippen LogP contribution is -2.45. The van der Waals surface area contributed by atoms with Crippen molar-refractivity contribution in [2.45, 2.75) is 57.8 Å². The van der Waals surface area contributed by atoms with Crippen molar-refractivity contribution in [2.24, 2.45) is 5.92 Å². The van der Waals surface area contributed by atoms with E-state index in [9.17, 15) is 0 Å². The molecule has 0 aromatic rings. The van der Waals surface area contributed by atoms with E-state index in [1.54, 1.807) is 0 Å². The smallest absolute Gasteiger partial charge is 0.192 e. The van der Waals surface area contributed by atoms with E-state index < -0.39 is 8.32 Å². The van der Waals surface area contributed by atoms with Gasteiger partial charge in [-0.05, 0) is 24.6 Å². The van der Waals surface area contributed by atoms with Crippen LogP contribution in [0.5, 0.6) is 0 Å². The molecule has 0 rings (SSSR count). The fourth-order valence-corrected chi connectivity index (χ4v) is 2.80. The molecule has 0 amide bonds. The summed E-state index contributed by atoms with van der Waals surface area (Å²) in [6, 6.07) is 0. The van der Waals surface area contributed by atoms with Crippen molar-refractivity contribution in [3.63, 3.8) is 0 Å². The summed E-state index contributed by atoms with van der Waals surface area (Å²) in [7, 11) is -1.78. The molecule has 0 aliphatic carbocycles. The van der Waals surface area contributed by atoms with Gasteiger partial charge < -0.3 is 4.43 Å². The molecule has 1 nitrogen and oxygen atoms in total. The summed E-state index contributed by atoms with van der Waals surface area (Å²) in [5.74, 6) is 2.94. The molecular weight excluding hydrogens is 236 g/mol. The minimum absolute atomic E-state index is 0.0248. The first-order chi connectivity index (χ1) is 8.19. The van der Waals surface area contributed by atoms with E-state index in [1.165, 1.54) is 0 Å². The number of rotatable bonds is 7. The first kappa shape index (κ1) is 17.2. The van der Waals surface area contributed by atoms with Crippen LogP contribution in [-0.2, 0) is 4.43 Å². The van der Waals surface area contributed by atoms with Crippen LogP contribution in [0.1, 0.15) is 33.6 Å². The molecule has 0 saturated carbocycles. The average Bonchev–Trinajstić information content (AvgIpc) is 2.26. The Labute approximate surface area is 114 Å². The molecule has 0 unspecified atom stereocenters. The molecule has 0 bridgehead atoms. The Morgan fingerprint density at radius 3 is 2.17 bits per heavy atom. The van der Waals surface area contributed by atoms with Crippen LogP contribution in [0.4, 0.5) is 0 Å². The van der Waals surface area contributed by atoms with Crippen molar-refractivity contribution in [1.29, 1.82) is 0 Å². The second-order valence-electron chi connectivity index (χ2n) is 6.22. The maximum atomic E-state index is 6.38. The third-order valence-corrected chi connectivity index (χ3v) is 8.29. The van der Waals surface area contributed by atoms with Gasteiger partial charge in [0.05, 0.1) is 6.10 Å². The predicted molar refractivity (Wildman–Crippen MR) is 84.0 cm³/mol. The van der Waals surface area contributed by atoms with E-state index in [-0.39, 0.29) is 17.1 Å². The molecule has 0 saturated heterocycles. The van der Waals surface area contributed by atoms with E-state index >= 15 is 0 Å². The maximum Gasteiger partial charge on any atom is 0.192 e. The highest BCUT2D eigenvalue weighted by molar-refractivity contribution is 6.74. The molecule has 18 heavy (non-hydrogen) atoms. The summed E-state index contributed by atoms with van der Waals surface area (Å²) in [5.41, 5.74) is 0. The largest absolute Gasteiger partial charge is 0.410 e. The van der Waals surface area contributed by atoms with Crippen LogP contribution in [0, 0.1) is 18.3 Å². The van der Waals surface area contributed by atoms with Crippen LogP contribution in [-0.4, -0.2) is 14.4 Å². The quantitative estimate of drug-likeness (QED) is 0.365. The molecule has 0 aliphatic heterocycles. The molecule has 0 heterocycles. The van der Waals surface area contributed by atoms with Crippen LogP contribution >= 0.6 is 0 Å². The van der Waals surface area contributed by atoms with Crippen LogP contribution in [0.15, 0.2) is 25.3 Å². The zero-order valence-corrected chi connectivity index (χ0v) is 13.6. The van der Waals surface area contributed by atoms with Crippen LogP contribution in [0.3, 0.4) is 0 Å². The van der Waals surface area contributed by atoms with Gasteiger partial charge in [0.25, 0.3) is 0 Å². The highest BCUT2D eigenvalue weighted by Crippen LogP contribution is 2.38. The third kappa shape index (κ3) is 4.84. The van der Waals surface area contributed by atoms with Crippen molar-refractivity contribution in [3.8, 4) is 12.3 Å². The van der Waals surface area contributed by atoms with Crippen molar-refractivity contribution >= 4 is 8.32 Å². The predicted octanol–water partition coefficient (Wildman–Crippen LogP) is 4.78. The zero-order valence-electron chi connectivity index (χ0n) is 12.6. The second-order valence-corrected chi connectivity index (χ2v) is 11.0. The van der Waals surface area contributed by atoms with E-state index in [4.69, 9.17) is 10.8 Å². The Balaban J connectivity index is 4.83. The van der Waals surface area contributed by atoms with Crippen molar-refractivity contribution < 1.29 is 4.43 Å². The summed E-state index contributed by atoms with van der Waals surface area (Å²) in [6.07, 6.45) is 10.8. The Morgan fingerprint density at radius 1 is 1.28 bits per heavy atom. The average molecular weight is 264 g/mol. The normalized spacial score (nSPS) is 15.6. The molecule has 0 aromatic heterocycles. The lowest BCUT2D eigenvalue weighted by molar-refractivity contribution is 0.178. The standard InChI is InChI=1S/C16H28OSi/c1-9-12-13-14(10-2)15(11-3)17-18(7,8)16(4,5)6/h1,10-11,14-15H,2-3,12-13H2,4-8H3/t14-,15+/m1/s1. The van der Waals surface area contributed by atoms with Gasteiger partial charge in [-0.1, -0.05) is 32.9 Å². The SMILES string of the molecule is C#CCC[C@@H](C=C)[C@H](C=C)O[Si](C)(C)C(C)(C)C. The van der Waals surface area contributed by atoms with Crippen molar-refractivity contribution in [1.82, 2.24) is 0 Å². The molecule has 0 N–H and O–H groups in total. The van der Waals surface area contributed by atoms with Crippen LogP contribution < -0.4 is 0 Å². The molecule has 0 radical (unpaired) electrons. The van der Waals surface area contributed by atoms with Gasteiger partial charge in [0, 0.05) is 12.3 Å². The number of terminal acetylenes is 1. The molecule has 0 aliphatic rings. The summed E-state index contributed by atoms with van der Waals surface area (Å²) < 4.78 is 6.38. The van der Waals surface area contributed by atoms with E-state index in [0.29, 0.717) is 0 Å². The Bertz CT molecular complexity index is 317. The molecule has 0 fully saturated rings. The van der Waals surface area contributed by atoms with Crippen LogP contribution in [0.2, 0.25) is 18.1 Å². The van der Waals surface area contributed by atoms with E-state index in [2.05, 4.69) is 52.9 Å². The van der Waals surface area contributed by atoms with E-state index in [0.717, 1.165) is 12.8 Å². The summed E-state index contributed by atoms with van der Waals surface area (Å²) >= 11 is 0. The summed E-state index contributed by atoms with van der Waals surface area (Å²) in [4.78, 5) is 0. The van der Waals surface area contributed by atoms with Gasteiger partial charge in [0.1, 0.15) is 0 Å². The zero-order chi connectivity index (χ0) is 14.4. The molecule has 102 valence electrons. The van der Waals surface area contributed by atoms with Gasteiger partial charge in [-0.3, -0.25) is 0 Å². The number of hydrogen-bond acceptors (Lipinski definition) is 1. The fourth-order valence-electron chi connectivity index (χ4n) is 1.49. The van der Waals surface area contributed by atoms with Gasteiger partial charge in [0.2, 0.25) is 0 Å². The molecule has 2 atom stereocenters. The maximum absolute atomic E-state index is 6.38. The Hall–Kier alpha value is -0.783. The van der Waals surface area contributed by atoms with Gasteiger partial charge in [0.15, 0.2) is 8.32 Å². The van der Waals surface area contributed by atoms with E-state index in [1.807, 2.05) is 12.2 Å². The summed E-state index contributed by atoms with van der Waals surface area (Å²) in [6.45, 7) is 19.0. The van der Waals surface area contributed by atoms with Crippen molar-refractivity contribution in [3.05, 3.63) is 25.3 Å². The molecule has 2 heteroatoms. The highest BCUT2D eigenvalue weighted by atomic mass is 28.4. The van der Waals surface area contributed by atoms with Gasteiger partial charge in [-0.2, -0.15) is 0 Å². The number of hydrogen-bond donors (Lipinski definition) is 0. The van der Waals surface area contributed by atoms with Gasteiger partial charge in [-0.25, -0.2) is 0 Å². The topological polar surface area (TPSA) is 9.23 Å². The first-order valence-electron chi connectivity index (χ1n) is 6.56. The minimum atomic E-state index is -1.78. The van der Waals surface area contributed by atoms with Gasteiger partial charge >= 0.3 is 0 Å². The first-order valence-corrected chi connectivity index (χ1v) is 9.47. The Kier molecular flexibility index (Phi) is 6.66. The Morgan fingerprint density at radius 2 is 1.83 bits per heavy atom. The van der Waals surface area contributed by atoms with Gasteiger partial charge in [-0.15, -0.1) is 25.5 Å². The fraction of sp³-hybridized carbons (Fsp3) is 0.625. The highest BCUT2D eigenvalue weighted by Gasteiger charge is 2.39. The van der Waals surface area contributed by atoms with Crippen molar-refractivity contribution in [2.75, 3.05) is 0 Å². The summed E-state index contributed by atoms with van der Waals surface area (Å²) in [5, 5.41) is 0.200. The lowest BCUT2D eigenvalue weighted by atomic mass is 9.97. The minimum Gasteiger partial charge on any atom is -0.410 e. The third-order valence-electron chi connectivity index (χ3n) is 3.82. The lowest BCUT2D eigenvalue weighted by Gasteiger charge is -2.40. The molecular formula is C16H28OSi. The van der Waals surface area contributed by atoms with Crippen LogP contribution in [0.25, 0.3) is 0 Å². The monoisotopic (exact) mass is 264 g/mol.